The summed E-state index contributed by atoms with van der Waals surface area (Å²) in [6.07, 6.45) is 0.895. The number of alkyl carbamates (subject to hydrolysis) is 2. The van der Waals surface area contributed by atoms with E-state index in [0.29, 0.717) is 12.8 Å². The van der Waals surface area contributed by atoms with Crippen LogP contribution < -0.4 is 10.6 Å². The Bertz CT molecular complexity index is 948. The van der Waals surface area contributed by atoms with Gasteiger partial charge in [0.25, 0.3) is 0 Å². The SMILES string of the molecule is CC(C)(C)OC(=O)NC(CO)Cc1cccc(CCC(NC(=O)OC(C)(C)C)c2ccccc2)c1. The molecule has 3 N–H and O–H groups in total. The van der Waals surface area contributed by atoms with Crippen LogP contribution in [0.2, 0.25) is 0 Å². The van der Waals surface area contributed by atoms with E-state index in [2.05, 4.69) is 16.7 Å². The van der Waals surface area contributed by atoms with Crippen LogP contribution >= 0.6 is 0 Å². The lowest BCUT2D eigenvalue weighted by molar-refractivity contribution is 0.0477. The average molecular weight is 485 g/mol. The molecule has 0 saturated carbocycles. The van der Waals surface area contributed by atoms with Crippen molar-refractivity contribution in [1.82, 2.24) is 10.6 Å². The van der Waals surface area contributed by atoms with Gasteiger partial charge >= 0.3 is 12.2 Å². The summed E-state index contributed by atoms with van der Waals surface area (Å²) in [4.78, 5) is 24.5. The molecule has 7 heteroatoms. The van der Waals surface area contributed by atoms with Gasteiger partial charge in [0.2, 0.25) is 0 Å². The third-order valence-corrected chi connectivity index (χ3v) is 5.03. The number of amides is 2. The van der Waals surface area contributed by atoms with Crippen molar-refractivity contribution in [3.63, 3.8) is 0 Å². The van der Waals surface area contributed by atoms with Crippen LogP contribution in [0.3, 0.4) is 0 Å². The molecule has 2 amide bonds. The van der Waals surface area contributed by atoms with Gasteiger partial charge in [-0.25, -0.2) is 9.59 Å². The molecule has 0 spiro atoms. The maximum atomic E-state index is 12.4. The first-order valence-electron chi connectivity index (χ1n) is 12.1. The van der Waals surface area contributed by atoms with Crippen LogP contribution in [0.25, 0.3) is 0 Å². The number of hydrogen-bond donors (Lipinski definition) is 3. The Morgan fingerprint density at radius 2 is 1.40 bits per heavy atom. The lowest BCUT2D eigenvalue weighted by Crippen LogP contribution is -2.42. The molecule has 0 aliphatic carbocycles. The highest BCUT2D eigenvalue weighted by Crippen LogP contribution is 2.21. The topological polar surface area (TPSA) is 96.9 Å². The Hall–Kier alpha value is -3.06. The fourth-order valence-electron chi connectivity index (χ4n) is 3.60. The second-order valence-corrected chi connectivity index (χ2v) is 10.7. The number of carbonyl (C=O) groups is 2. The third kappa shape index (κ3) is 11.3. The molecular weight excluding hydrogens is 444 g/mol. The molecule has 2 aromatic carbocycles. The standard InChI is InChI=1S/C28H40N2O5/c1-27(2,3)34-25(32)29-23(19-31)18-21-12-10-11-20(17-21)15-16-24(22-13-8-7-9-14-22)30-26(33)35-28(4,5)6/h7-14,17,23-24,31H,15-16,18-19H2,1-6H3,(H,29,32)(H,30,33). The van der Waals surface area contributed by atoms with E-state index in [9.17, 15) is 14.7 Å². The molecule has 0 heterocycles. The highest BCUT2D eigenvalue weighted by Gasteiger charge is 2.21. The molecule has 0 aromatic heterocycles. The van der Waals surface area contributed by atoms with E-state index < -0.39 is 29.4 Å². The first kappa shape index (κ1) is 28.2. The summed E-state index contributed by atoms with van der Waals surface area (Å²) in [7, 11) is 0. The van der Waals surface area contributed by atoms with Crippen molar-refractivity contribution in [2.24, 2.45) is 0 Å². The second-order valence-electron chi connectivity index (χ2n) is 10.7. The van der Waals surface area contributed by atoms with E-state index in [-0.39, 0.29) is 12.6 Å². The Balaban J connectivity index is 2.04. The molecule has 2 aromatic rings. The van der Waals surface area contributed by atoms with E-state index >= 15 is 0 Å². The third-order valence-electron chi connectivity index (χ3n) is 5.03. The van der Waals surface area contributed by atoms with Crippen LogP contribution in [-0.2, 0) is 22.3 Å². The maximum absolute atomic E-state index is 12.4. The number of ether oxygens (including phenoxy) is 2. The van der Waals surface area contributed by atoms with Crippen molar-refractivity contribution in [2.75, 3.05) is 6.61 Å². The van der Waals surface area contributed by atoms with Gasteiger partial charge in [0.15, 0.2) is 0 Å². The number of aliphatic hydroxyl groups is 1. The van der Waals surface area contributed by atoms with Crippen LogP contribution in [0, 0.1) is 0 Å². The Morgan fingerprint density at radius 3 is 1.97 bits per heavy atom. The van der Waals surface area contributed by atoms with Gasteiger partial charge in [-0.15, -0.1) is 0 Å². The Morgan fingerprint density at radius 1 is 0.829 bits per heavy atom. The van der Waals surface area contributed by atoms with Crippen LogP contribution in [0.1, 0.15) is 70.7 Å². The summed E-state index contributed by atoms with van der Waals surface area (Å²) >= 11 is 0. The normalized spacial score (nSPS) is 13.5. The van der Waals surface area contributed by atoms with E-state index in [1.165, 1.54) is 0 Å². The van der Waals surface area contributed by atoms with E-state index in [1.54, 1.807) is 20.8 Å². The molecule has 0 aliphatic rings. The zero-order valence-electron chi connectivity index (χ0n) is 21.8. The van der Waals surface area contributed by atoms with Gasteiger partial charge in [0.1, 0.15) is 11.2 Å². The summed E-state index contributed by atoms with van der Waals surface area (Å²) < 4.78 is 10.8. The van der Waals surface area contributed by atoms with Crippen LogP contribution in [0.4, 0.5) is 9.59 Å². The fraction of sp³-hybridized carbons (Fsp3) is 0.500. The molecule has 0 radical (unpaired) electrons. The number of carbonyl (C=O) groups excluding carboxylic acids is 2. The lowest BCUT2D eigenvalue weighted by atomic mass is 9.97. The monoisotopic (exact) mass is 484 g/mol. The van der Waals surface area contributed by atoms with Crippen molar-refractivity contribution in [3.05, 3.63) is 71.3 Å². The van der Waals surface area contributed by atoms with Gasteiger partial charge in [-0.3, -0.25) is 0 Å². The van der Waals surface area contributed by atoms with Gasteiger partial charge in [-0.05, 0) is 77.5 Å². The Labute approximate surface area is 209 Å². The molecule has 2 rings (SSSR count). The molecule has 0 fully saturated rings. The van der Waals surface area contributed by atoms with Crippen molar-refractivity contribution in [3.8, 4) is 0 Å². The average Bonchev–Trinajstić information content (AvgIpc) is 2.74. The number of aliphatic hydroxyl groups excluding tert-OH is 1. The van der Waals surface area contributed by atoms with Gasteiger partial charge in [-0.2, -0.15) is 0 Å². The van der Waals surface area contributed by atoms with Gasteiger partial charge in [0, 0.05) is 0 Å². The molecule has 7 nitrogen and oxygen atoms in total. The fourth-order valence-corrected chi connectivity index (χ4v) is 3.60. The minimum Gasteiger partial charge on any atom is -0.444 e. The van der Waals surface area contributed by atoms with E-state index in [1.807, 2.05) is 69.3 Å². The number of benzene rings is 2. The summed E-state index contributed by atoms with van der Waals surface area (Å²) in [5.41, 5.74) is 1.93. The maximum Gasteiger partial charge on any atom is 0.408 e. The quantitative estimate of drug-likeness (QED) is 0.448. The van der Waals surface area contributed by atoms with Crippen molar-refractivity contribution >= 4 is 12.2 Å². The number of rotatable bonds is 9. The number of nitrogens with one attached hydrogen (secondary N) is 2. The van der Waals surface area contributed by atoms with Crippen molar-refractivity contribution in [1.29, 1.82) is 0 Å². The van der Waals surface area contributed by atoms with Crippen molar-refractivity contribution in [2.45, 2.75) is 84.1 Å². The molecule has 2 atom stereocenters. The largest absolute Gasteiger partial charge is 0.444 e. The lowest BCUT2D eigenvalue weighted by Gasteiger charge is -2.24. The second kappa shape index (κ2) is 12.6. The summed E-state index contributed by atoms with van der Waals surface area (Å²) in [5.74, 6) is 0. The molecule has 0 aliphatic heterocycles. The molecule has 192 valence electrons. The van der Waals surface area contributed by atoms with Crippen LogP contribution in [0.5, 0.6) is 0 Å². The first-order valence-corrected chi connectivity index (χ1v) is 12.1. The number of aryl methyl sites for hydroxylation is 1. The first-order chi connectivity index (χ1) is 16.3. The molecule has 35 heavy (non-hydrogen) atoms. The molecular formula is C28H40N2O5. The highest BCUT2D eigenvalue weighted by molar-refractivity contribution is 5.68. The minimum atomic E-state index is -0.605. The van der Waals surface area contributed by atoms with Crippen LogP contribution in [-0.4, -0.2) is 41.1 Å². The predicted molar refractivity (Wildman–Crippen MR) is 137 cm³/mol. The van der Waals surface area contributed by atoms with E-state index in [0.717, 1.165) is 23.1 Å². The number of hydrogen-bond acceptors (Lipinski definition) is 5. The zero-order valence-corrected chi connectivity index (χ0v) is 21.8. The van der Waals surface area contributed by atoms with Crippen molar-refractivity contribution < 1.29 is 24.2 Å². The van der Waals surface area contributed by atoms with Gasteiger partial charge < -0.3 is 25.2 Å². The molecule has 2 unspecified atom stereocenters. The molecule has 0 saturated heterocycles. The van der Waals surface area contributed by atoms with Gasteiger partial charge in [-0.1, -0.05) is 54.6 Å². The Kier molecular flexibility index (Phi) is 10.1. The summed E-state index contributed by atoms with van der Waals surface area (Å²) in [5, 5.41) is 15.5. The smallest absolute Gasteiger partial charge is 0.408 e. The summed E-state index contributed by atoms with van der Waals surface area (Å²) in [6.45, 7) is 10.7. The zero-order chi connectivity index (χ0) is 26.1. The minimum absolute atomic E-state index is 0.195. The van der Waals surface area contributed by atoms with Crippen LogP contribution in [0.15, 0.2) is 54.6 Å². The van der Waals surface area contributed by atoms with E-state index in [4.69, 9.17) is 9.47 Å². The highest BCUT2D eigenvalue weighted by atomic mass is 16.6. The van der Waals surface area contributed by atoms with Gasteiger partial charge in [0.05, 0.1) is 18.7 Å². The summed E-state index contributed by atoms with van der Waals surface area (Å²) in [6, 6.07) is 17.2. The molecule has 0 bridgehead atoms. The predicted octanol–water partition coefficient (Wildman–Crippen LogP) is 5.31.